The lowest BCUT2D eigenvalue weighted by atomic mass is 9.98. The first-order chi connectivity index (χ1) is 9.74. The predicted molar refractivity (Wildman–Crippen MR) is 85.2 cm³/mol. The number of nitrogens with zero attached hydrogens (tertiary/aromatic N) is 1. The molecule has 0 saturated carbocycles. The van der Waals surface area contributed by atoms with Crippen LogP contribution >= 0.6 is 11.6 Å². The van der Waals surface area contributed by atoms with Crippen LogP contribution in [0.15, 0.2) is 42.7 Å². The summed E-state index contributed by atoms with van der Waals surface area (Å²) in [4.78, 5) is 4.06. The van der Waals surface area contributed by atoms with E-state index in [1.807, 2.05) is 6.07 Å². The summed E-state index contributed by atoms with van der Waals surface area (Å²) in [5.74, 6) is 0. The van der Waals surface area contributed by atoms with E-state index >= 15 is 0 Å². The first-order valence-corrected chi connectivity index (χ1v) is 7.53. The van der Waals surface area contributed by atoms with E-state index in [0.29, 0.717) is 0 Å². The van der Waals surface area contributed by atoms with Gasteiger partial charge in [0.05, 0.1) is 5.02 Å². The van der Waals surface area contributed by atoms with Gasteiger partial charge in [0.25, 0.3) is 0 Å². The van der Waals surface area contributed by atoms with Gasteiger partial charge in [0.1, 0.15) is 0 Å². The minimum Gasteiger partial charge on any atom is -0.310 e. The average molecular weight is 289 g/mol. The van der Waals surface area contributed by atoms with Crippen molar-refractivity contribution in [2.45, 2.75) is 32.7 Å². The smallest absolute Gasteiger partial charge is 0.0637 e. The van der Waals surface area contributed by atoms with Crippen LogP contribution in [0.5, 0.6) is 0 Å². The summed E-state index contributed by atoms with van der Waals surface area (Å²) < 4.78 is 0. The molecule has 1 unspecified atom stereocenters. The minimum absolute atomic E-state index is 0.225. The number of aromatic nitrogens is 1. The van der Waals surface area contributed by atoms with Crippen LogP contribution < -0.4 is 5.32 Å². The van der Waals surface area contributed by atoms with E-state index in [9.17, 15) is 0 Å². The molecule has 2 aromatic rings. The largest absolute Gasteiger partial charge is 0.310 e. The highest BCUT2D eigenvalue weighted by molar-refractivity contribution is 6.31. The van der Waals surface area contributed by atoms with Gasteiger partial charge in [-0.25, -0.2) is 0 Å². The Morgan fingerprint density at radius 3 is 2.40 bits per heavy atom. The van der Waals surface area contributed by atoms with Crippen LogP contribution in [0.4, 0.5) is 0 Å². The molecule has 0 bridgehead atoms. The maximum Gasteiger partial charge on any atom is 0.0637 e. The van der Waals surface area contributed by atoms with Crippen LogP contribution in [0, 0.1) is 0 Å². The summed E-state index contributed by atoms with van der Waals surface area (Å²) in [6, 6.07) is 11.0. The number of hydrogen-bond donors (Lipinski definition) is 1. The van der Waals surface area contributed by atoms with E-state index in [2.05, 4.69) is 48.4 Å². The topological polar surface area (TPSA) is 24.9 Å². The zero-order valence-electron chi connectivity index (χ0n) is 12.1. The third-order valence-electron chi connectivity index (χ3n) is 3.50. The lowest BCUT2D eigenvalue weighted by Crippen LogP contribution is -2.23. The molecule has 3 heteroatoms. The Morgan fingerprint density at radius 2 is 1.80 bits per heavy atom. The van der Waals surface area contributed by atoms with Crippen molar-refractivity contribution in [3.63, 3.8) is 0 Å². The number of halogens is 1. The van der Waals surface area contributed by atoms with E-state index in [-0.39, 0.29) is 6.04 Å². The molecule has 0 radical (unpaired) electrons. The highest BCUT2D eigenvalue weighted by Gasteiger charge is 2.14. The van der Waals surface area contributed by atoms with Gasteiger partial charge in [0, 0.05) is 18.4 Å². The van der Waals surface area contributed by atoms with Crippen LogP contribution in [-0.4, -0.2) is 11.5 Å². The van der Waals surface area contributed by atoms with Gasteiger partial charge in [0.2, 0.25) is 0 Å². The Labute approximate surface area is 126 Å². The van der Waals surface area contributed by atoms with E-state index in [0.717, 1.165) is 30.0 Å². The number of likely N-dealkylation sites (N-methyl/N-ethyl adjacent to an activating group) is 1. The molecule has 1 aromatic carbocycles. The molecule has 2 rings (SSSR count). The molecule has 2 nitrogen and oxygen atoms in total. The van der Waals surface area contributed by atoms with Crippen LogP contribution in [0.1, 0.15) is 36.6 Å². The lowest BCUT2D eigenvalue weighted by Gasteiger charge is -2.19. The molecule has 1 atom stereocenters. The molecular weight excluding hydrogens is 268 g/mol. The van der Waals surface area contributed by atoms with Crippen molar-refractivity contribution in [2.75, 3.05) is 6.54 Å². The first-order valence-electron chi connectivity index (χ1n) is 7.15. The average Bonchev–Trinajstić information content (AvgIpc) is 2.48. The molecule has 1 aromatic heterocycles. The third kappa shape index (κ3) is 3.81. The summed E-state index contributed by atoms with van der Waals surface area (Å²) in [5.41, 5.74) is 3.81. The number of aryl methyl sites for hydroxylation is 1. The van der Waals surface area contributed by atoms with Crippen molar-refractivity contribution < 1.29 is 0 Å². The maximum absolute atomic E-state index is 6.27. The minimum atomic E-state index is 0.225. The number of rotatable bonds is 6. The summed E-state index contributed by atoms with van der Waals surface area (Å²) in [6.45, 7) is 5.20. The highest BCUT2D eigenvalue weighted by Crippen LogP contribution is 2.25. The molecule has 0 aliphatic carbocycles. The number of nitrogens with one attached hydrogen (secondary N) is 1. The summed E-state index contributed by atoms with van der Waals surface area (Å²) in [6.07, 6.45) is 5.52. The van der Waals surface area contributed by atoms with E-state index < -0.39 is 0 Å². The Kier molecular flexibility index (Phi) is 5.57. The van der Waals surface area contributed by atoms with Crippen LogP contribution in [0.3, 0.4) is 0 Å². The standard InChI is InChI=1S/C17H21ClN2/c1-3-13-5-7-14(8-6-13)11-17(20-4-2)15-9-10-19-12-16(15)18/h5-10,12,17,20H,3-4,11H2,1-2H3. The first kappa shape index (κ1) is 15.0. The summed E-state index contributed by atoms with van der Waals surface area (Å²) in [5, 5.41) is 4.23. The van der Waals surface area contributed by atoms with E-state index in [1.54, 1.807) is 12.4 Å². The SMILES string of the molecule is CCNC(Cc1ccc(CC)cc1)c1ccncc1Cl. The van der Waals surface area contributed by atoms with Crippen molar-refractivity contribution in [3.05, 3.63) is 64.4 Å². The zero-order valence-corrected chi connectivity index (χ0v) is 12.8. The normalized spacial score (nSPS) is 12.3. The fourth-order valence-corrected chi connectivity index (χ4v) is 2.60. The molecule has 0 spiro atoms. The predicted octanol–water partition coefficient (Wildman–Crippen LogP) is 4.19. The fraction of sp³-hybridized carbons (Fsp3) is 0.353. The quantitative estimate of drug-likeness (QED) is 0.862. The Hall–Kier alpha value is -1.38. The lowest BCUT2D eigenvalue weighted by molar-refractivity contribution is 0.549. The van der Waals surface area contributed by atoms with Crippen molar-refractivity contribution in [3.8, 4) is 0 Å². The summed E-state index contributed by atoms with van der Waals surface area (Å²) in [7, 11) is 0. The van der Waals surface area contributed by atoms with Crippen molar-refractivity contribution in [1.82, 2.24) is 10.3 Å². The maximum atomic E-state index is 6.27. The van der Waals surface area contributed by atoms with Crippen LogP contribution in [0.2, 0.25) is 5.02 Å². The number of pyridine rings is 1. The number of benzene rings is 1. The second-order valence-electron chi connectivity index (χ2n) is 4.88. The van der Waals surface area contributed by atoms with Gasteiger partial charge in [-0.15, -0.1) is 0 Å². The molecule has 20 heavy (non-hydrogen) atoms. The monoisotopic (exact) mass is 288 g/mol. The van der Waals surface area contributed by atoms with Crippen LogP contribution in [0.25, 0.3) is 0 Å². The van der Waals surface area contributed by atoms with Crippen molar-refractivity contribution in [1.29, 1.82) is 0 Å². The Morgan fingerprint density at radius 1 is 1.10 bits per heavy atom. The fourth-order valence-electron chi connectivity index (χ4n) is 2.35. The van der Waals surface area contributed by atoms with Gasteiger partial charge in [-0.05, 0) is 42.1 Å². The molecule has 0 aliphatic heterocycles. The molecule has 106 valence electrons. The summed E-state index contributed by atoms with van der Waals surface area (Å²) >= 11 is 6.27. The third-order valence-corrected chi connectivity index (χ3v) is 3.82. The van der Waals surface area contributed by atoms with Gasteiger partial charge < -0.3 is 5.32 Å². The second kappa shape index (κ2) is 7.41. The van der Waals surface area contributed by atoms with Gasteiger partial charge in [-0.1, -0.05) is 49.7 Å². The van der Waals surface area contributed by atoms with Gasteiger partial charge in [-0.2, -0.15) is 0 Å². The highest BCUT2D eigenvalue weighted by atomic mass is 35.5. The molecular formula is C17H21ClN2. The molecule has 1 heterocycles. The van der Waals surface area contributed by atoms with Gasteiger partial charge >= 0.3 is 0 Å². The zero-order chi connectivity index (χ0) is 14.4. The van der Waals surface area contributed by atoms with Crippen LogP contribution in [-0.2, 0) is 12.8 Å². The molecule has 1 N–H and O–H groups in total. The van der Waals surface area contributed by atoms with Gasteiger partial charge in [0.15, 0.2) is 0 Å². The Bertz CT molecular complexity index is 537. The Balaban J connectivity index is 2.18. The van der Waals surface area contributed by atoms with E-state index in [4.69, 9.17) is 11.6 Å². The molecule has 0 aliphatic rings. The molecule has 0 saturated heterocycles. The molecule has 0 amide bonds. The van der Waals surface area contributed by atoms with Gasteiger partial charge in [-0.3, -0.25) is 4.98 Å². The van der Waals surface area contributed by atoms with E-state index in [1.165, 1.54) is 11.1 Å². The molecule has 0 fully saturated rings. The second-order valence-corrected chi connectivity index (χ2v) is 5.29. The number of hydrogen-bond acceptors (Lipinski definition) is 2. The van der Waals surface area contributed by atoms with Crippen molar-refractivity contribution in [2.24, 2.45) is 0 Å². The van der Waals surface area contributed by atoms with Crippen molar-refractivity contribution >= 4 is 11.6 Å².